The van der Waals surface area contributed by atoms with Crippen molar-refractivity contribution in [3.05, 3.63) is 40.8 Å². The monoisotopic (exact) mass is 443 g/mol. The normalized spacial score (nSPS) is 16.2. The fourth-order valence-corrected chi connectivity index (χ4v) is 4.82. The van der Waals surface area contributed by atoms with Crippen LogP contribution < -0.4 is 10.1 Å². The second kappa shape index (κ2) is 8.88. The van der Waals surface area contributed by atoms with Crippen LogP contribution in [0.15, 0.2) is 30.3 Å². The molecule has 4 rings (SSSR count). The number of hydrogen-bond donors (Lipinski definition) is 1. The first kappa shape index (κ1) is 21.6. The molecule has 2 aliphatic rings. The first-order valence-corrected chi connectivity index (χ1v) is 11.5. The van der Waals surface area contributed by atoms with Gasteiger partial charge in [0, 0.05) is 55.3 Å². The lowest BCUT2D eigenvalue weighted by Crippen LogP contribution is -2.51. The Morgan fingerprint density at radius 3 is 2.65 bits per heavy atom. The van der Waals surface area contributed by atoms with Gasteiger partial charge in [-0.2, -0.15) is 0 Å². The van der Waals surface area contributed by atoms with Gasteiger partial charge in [0.15, 0.2) is 0 Å². The van der Waals surface area contributed by atoms with Crippen LogP contribution in [0.2, 0.25) is 0 Å². The topological polar surface area (TPSA) is 71.1 Å². The van der Waals surface area contributed by atoms with Crippen LogP contribution in [0.4, 0.5) is 4.79 Å². The number of thiophene rings is 1. The van der Waals surface area contributed by atoms with Crippen molar-refractivity contribution in [1.82, 2.24) is 15.1 Å². The van der Waals surface area contributed by atoms with Crippen molar-refractivity contribution in [3.8, 4) is 16.2 Å². The molecule has 1 N–H and O–H groups in total. The zero-order chi connectivity index (χ0) is 22.0. The van der Waals surface area contributed by atoms with Crippen LogP contribution in [-0.4, -0.2) is 66.7 Å². The molecule has 0 aliphatic carbocycles. The van der Waals surface area contributed by atoms with Gasteiger partial charge in [0.25, 0.3) is 5.91 Å². The summed E-state index contributed by atoms with van der Waals surface area (Å²) in [6.45, 7) is 10.3. The molecule has 0 unspecified atom stereocenters. The second-order valence-electron chi connectivity index (χ2n) is 8.81. The van der Waals surface area contributed by atoms with E-state index in [0.717, 1.165) is 41.4 Å². The highest BCUT2D eigenvalue weighted by atomic mass is 32.1. The molecule has 3 heterocycles. The van der Waals surface area contributed by atoms with Crippen LogP contribution in [-0.2, 0) is 11.3 Å². The number of piperazine rings is 1. The summed E-state index contributed by atoms with van der Waals surface area (Å²) >= 11 is 1.52. The van der Waals surface area contributed by atoms with Gasteiger partial charge in [-0.15, -0.1) is 11.3 Å². The number of nitrogens with zero attached hydrogens (tertiary/aromatic N) is 2. The molecule has 1 fully saturated rings. The van der Waals surface area contributed by atoms with Gasteiger partial charge in [-0.25, -0.2) is 4.79 Å². The minimum absolute atomic E-state index is 0.0516. The van der Waals surface area contributed by atoms with Crippen molar-refractivity contribution in [2.75, 3.05) is 39.3 Å². The van der Waals surface area contributed by atoms with Gasteiger partial charge in [-0.05, 0) is 39.0 Å². The Bertz CT molecular complexity index is 958. The van der Waals surface area contributed by atoms with Crippen molar-refractivity contribution in [2.24, 2.45) is 0 Å². The average molecular weight is 444 g/mol. The van der Waals surface area contributed by atoms with E-state index in [4.69, 9.17) is 9.47 Å². The molecule has 2 aliphatic heterocycles. The maximum absolute atomic E-state index is 12.7. The van der Waals surface area contributed by atoms with E-state index in [1.807, 2.05) is 51.1 Å². The molecule has 166 valence electrons. The highest BCUT2D eigenvalue weighted by molar-refractivity contribution is 7.17. The van der Waals surface area contributed by atoms with E-state index in [2.05, 4.69) is 10.2 Å². The SMILES string of the molecule is CC(C)(C)OC(=O)N1CCN(CCNC(=O)c2cc3c(s2)-c2ccccc2OC3)CC1. The predicted molar refractivity (Wildman–Crippen MR) is 121 cm³/mol. The predicted octanol–water partition coefficient (Wildman–Crippen LogP) is 3.59. The molecule has 2 amide bonds. The summed E-state index contributed by atoms with van der Waals surface area (Å²) < 4.78 is 11.2. The van der Waals surface area contributed by atoms with Crippen molar-refractivity contribution in [3.63, 3.8) is 0 Å². The molecule has 31 heavy (non-hydrogen) atoms. The zero-order valence-corrected chi connectivity index (χ0v) is 19.1. The van der Waals surface area contributed by atoms with Crippen molar-refractivity contribution in [2.45, 2.75) is 33.0 Å². The molecule has 7 nitrogen and oxygen atoms in total. The Labute approximate surface area is 186 Å². The third-order valence-electron chi connectivity index (χ3n) is 5.29. The van der Waals surface area contributed by atoms with Crippen LogP contribution in [0.1, 0.15) is 36.0 Å². The summed E-state index contributed by atoms with van der Waals surface area (Å²) in [5.41, 5.74) is 1.64. The molecule has 1 aromatic heterocycles. The lowest BCUT2D eigenvalue weighted by Gasteiger charge is -2.35. The van der Waals surface area contributed by atoms with Gasteiger partial charge in [0.1, 0.15) is 18.0 Å². The van der Waals surface area contributed by atoms with E-state index in [9.17, 15) is 9.59 Å². The number of fused-ring (bicyclic) bond motifs is 3. The lowest BCUT2D eigenvalue weighted by molar-refractivity contribution is 0.0147. The number of nitrogens with one attached hydrogen (secondary N) is 1. The van der Waals surface area contributed by atoms with Gasteiger partial charge < -0.3 is 19.7 Å². The van der Waals surface area contributed by atoms with Gasteiger partial charge >= 0.3 is 6.09 Å². The van der Waals surface area contributed by atoms with E-state index < -0.39 is 5.60 Å². The number of amides is 2. The molecule has 0 atom stereocenters. The maximum Gasteiger partial charge on any atom is 0.410 e. The maximum atomic E-state index is 12.7. The molecule has 1 aromatic carbocycles. The average Bonchev–Trinajstić information content (AvgIpc) is 3.18. The van der Waals surface area contributed by atoms with E-state index in [-0.39, 0.29) is 12.0 Å². The number of benzene rings is 1. The third-order valence-corrected chi connectivity index (χ3v) is 6.49. The fraction of sp³-hybridized carbons (Fsp3) is 0.478. The van der Waals surface area contributed by atoms with E-state index in [1.54, 1.807) is 4.90 Å². The van der Waals surface area contributed by atoms with E-state index in [0.29, 0.717) is 31.1 Å². The minimum atomic E-state index is -0.478. The molecular formula is C23H29N3O4S. The highest BCUT2D eigenvalue weighted by Gasteiger charge is 2.26. The molecule has 0 spiro atoms. The Kier molecular flexibility index (Phi) is 6.20. The third kappa shape index (κ3) is 5.19. The number of para-hydroxylation sites is 1. The summed E-state index contributed by atoms with van der Waals surface area (Å²) in [7, 11) is 0. The van der Waals surface area contributed by atoms with Crippen LogP contribution in [0, 0.1) is 0 Å². The number of carbonyl (C=O) groups is 2. The molecule has 0 bridgehead atoms. The number of ether oxygens (including phenoxy) is 2. The van der Waals surface area contributed by atoms with Gasteiger partial charge in [-0.1, -0.05) is 12.1 Å². The summed E-state index contributed by atoms with van der Waals surface area (Å²) in [5, 5.41) is 3.03. The van der Waals surface area contributed by atoms with Crippen LogP contribution in [0.25, 0.3) is 10.4 Å². The van der Waals surface area contributed by atoms with E-state index >= 15 is 0 Å². The first-order chi connectivity index (χ1) is 14.8. The second-order valence-corrected chi connectivity index (χ2v) is 9.87. The van der Waals surface area contributed by atoms with Gasteiger partial charge in [0.05, 0.1) is 4.88 Å². The van der Waals surface area contributed by atoms with Gasteiger partial charge in [-0.3, -0.25) is 9.69 Å². The summed E-state index contributed by atoms with van der Waals surface area (Å²) in [4.78, 5) is 30.6. The standard InChI is InChI=1S/C23H29N3O4S/c1-23(2,3)30-22(28)26-12-10-25(11-13-26)9-8-24-21(27)19-14-16-15-29-18-7-5-4-6-17(18)20(16)31-19/h4-7,14H,8-13,15H2,1-3H3,(H,24,27). The fourth-order valence-electron chi connectivity index (χ4n) is 3.71. The molecule has 2 aromatic rings. The van der Waals surface area contributed by atoms with Crippen molar-refractivity contribution >= 4 is 23.3 Å². The summed E-state index contributed by atoms with van der Waals surface area (Å²) in [6.07, 6.45) is -0.257. The van der Waals surface area contributed by atoms with Crippen LogP contribution >= 0.6 is 11.3 Å². The zero-order valence-electron chi connectivity index (χ0n) is 18.3. The Morgan fingerprint density at radius 1 is 1.16 bits per heavy atom. The first-order valence-electron chi connectivity index (χ1n) is 10.6. The van der Waals surface area contributed by atoms with Crippen LogP contribution in [0.3, 0.4) is 0 Å². The number of hydrogen-bond acceptors (Lipinski definition) is 6. The van der Waals surface area contributed by atoms with Gasteiger partial charge in [0.2, 0.25) is 0 Å². The Hall–Kier alpha value is -2.58. The molecule has 0 saturated carbocycles. The molecule has 8 heteroatoms. The molecular weight excluding hydrogens is 414 g/mol. The quantitative estimate of drug-likeness (QED) is 0.782. The molecule has 1 saturated heterocycles. The highest BCUT2D eigenvalue weighted by Crippen LogP contribution is 2.42. The number of rotatable bonds is 4. The van der Waals surface area contributed by atoms with Crippen LogP contribution in [0.5, 0.6) is 5.75 Å². The lowest BCUT2D eigenvalue weighted by atomic mass is 10.1. The summed E-state index contributed by atoms with van der Waals surface area (Å²) in [6, 6.07) is 9.87. The Morgan fingerprint density at radius 2 is 1.90 bits per heavy atom. The van der Waals surface area contributed by atoms with Crippen molar-refractivity contribution in [1.29, 1.82) is 0 Å². The Balaban J connectivity index is 1.24. The summed E-state index contributed by atoms with van der Waals surface area (Å²) in [5.74, 6) is 0.818. The minimum Gasteiger partial charge on any atom is -0.488 e. The largest absolute Gasteiger partial charge is 0.488 e. The molecule has 0 radical (unpaired) electrons. The number of carbonyl (C=O) groups excluding carboxylic acids is 2. The van der Waals surface area contributed by atoms with Crippen molar-refractivity contribution < 1.29 is 19.1 Å². The van der Waals surface area contributed by atoms with E-state index in [1.165, 1.54) is 11.3 Å². The smallest absolute Gasteiger partial charge is 0.410 e.